The number of carbonyl (C=O) groups is 2. The van der Waals surface area contributed by atoms with Gasteiger partial charge in [0.1, 0.15) is 36.6 Å². The van der Waals surface area contributed by atoms with Crippen LogP contribution >= 0.6 is 0 Å². The molecule has 2 fully saturated rings. The van der Waals surface area contributed by atoms with E-state index in [0.717, 1.165) is 6.08 Å². The van der Waals surface area contributed by atoms with Crippen molar-refractivity contribution in [2.24, 2.45) is 0 Å². The topological polar surface area (TPSA) is 196 Å². The third kappa shape index (κ3) is 6.38. The van der Waals surface area contributed by atoms with E-state index in [9.17, 15) is 40.4 Å². The lowest BCUT2D eigenvalue weighted by Crippen LogP contribution is -2.61. The van der Waals surface area contributed by atoms with Crippen molar-refractivity contribution >= 4 is 11.9 Å². The van der Waals surface area contributed by atoms with E-state index in [1.807, 2.05) is 6.07 Å². The van der Waals surface area contributed by atoms with E-state index in [1.54, 1.807) is 36.4 Å². The van der Waals surface area contributed by atoms with Crippen LogP contribution in [0.25, 0.3) is 0 Å². The van der Waals surface area contributed by atoms with Crippen molar-refractivity contribution in [3.8, 4) is 6.07 Å². The molecule has 1 saturated carbocycles. The summed E-state index contributed by atoms with van der Waals surface area (Å²) in [5.41, 5.74) is 0.321. The molecule has 212 valence electrons. The van der Waals surface area contributed by atoms with Gasteiger partial charge in [0.15, 0.2) is 12.4 Å². The molecule has 1 saturated heterocycles. The second-order valence-corrected chi connectivity index (χ2v) is 9.32. The van der Waals surface area contributed by atoms with Crippen LogP contribution in [0, 0.1) is 11.3 Å². The monoisotopic (exact) mass is 555 g/mol. The van der Waals surface area contributed by atoms with Gasteiger partial charge in [-0.2, -0.15) is 5.26 Å². The summed E-state index contributed by atoms with van der Waals surface area (Å²) in [5.74, 6) is -1.62. The highest BCUT2D eigenvalue weighted by Crippen LogP contribution is 2.35. The van der Waals surface area contributed by atoms with E-state index >= 15 is 0 Å². The number of aliphatic hydroxyl groups excluding tert-OH is 5. The Morgan fingerprint density at radius 3 is 2.00 bits per heavy atom. The van der Waals surface area contributed by atoms with Crippen molar-refractivity contribution in [2.45, 2.75) is 61.5 Å². The van der Waals surface area contributed by atoms with E-state index in [4.69, 9.17) is 18.9 Å². The van der Waals surface area contributed by atoms with E-state index in [0.29, 0.717) is 0 Å². The largest absolute Gasteiger partial charge is 0.456 e. The van der Waals surface area contributed by atoms with Crippen LogP contribution < -0.4 is 0 Å². The molecule has 1 heterocycles. The van der Waals surface area contributed by atoms with Gasteiger partial charge in [0.2, 0.25) is 0 Å². The Balaban J connectivity index is 1.65. The number of nitrogens with zero attached hydrogens (tertiary/aromatic N) is 1. The fraction of sp³-hybridized carbons (Fsp3) is 0.393. The van der Waals surface area contributed by atoms with Crippen LogP contribution in [0.15, 0.2) is 72.3 Å². The lowest BCUT2D eigenvalue weighted by molar-refractivity contribution is -0.312. The van der Waals surface area contributed by atoms with Gasteiger partial charge in [-0.3, -0.25) is 0 Å². The Bertz CT molecular complexity index is 1230. The molecule has 0 radical (unpaired) electrons. The number of hydrogen-bond donors (Lipinski definition) is 5. The van der Waals surface area contributed by atoms with Crippen molar-refractivity contribution in [1.82, 2.24) is 0 Å². The zero-order valence-corrected chi connectivity index (χ0v) is 21.1. The molecule has 40 heavy (non-hydrogen) atoms. The number of nitriles is 1. The number of hydrogen-bond acceptors (Lipinski definition) is 12. The molecule has 2 aliphatic rings. The van der Waals surface area contributed by atoms with Gasteiger partial charge in [-0.1, -0.05) is 36.4 Å². The summed E-state index contributed by atoms with van der Waals surface area (Å²) < 4.78 is 22.5. The lowest BCUT2D eigenvalue weighted by atomic mass is 9.84. The molecule has 12 nitrogen and oxygen atoms in total. The summed E-state index contributed by atoms with van der Waals surface area (Å²) in [4.78, 5) is 25.7. The molecule has 4 rings (SSSR count). The fourth-order valence-corrected chi connectivity index (χ4v) is 4.58. The maximum Gasteiger partial charge on any atom is 0.338 e. The maximum absolute atomic E-state index is 12.9. The Labute approximate surface area is 229 Å². The first-order valence-corrected chi connectivity index (χ1v) is 12.5. The van der Waals surface area contributed by atoms with Crippen LogP contribution in [0.1, 0.15) is 27.1 Å². The Morgan fingerprint density at radius 1 is 0.875 bits per heavy atom. The molecular formula is C28H29NO11. The predicted octanol–water partition coefficient (Wildman–Crippen LogP) is -0.163. The number of carbonyl (C=O) groups excluding carboxylic acids is 2. The minimum Gasteiger partial charge on any atom is -0.456 e. The van der Waals surface area contributed by atoms with Gasteiger partial charge in [-0.25, -0.2) is 9.59 Å². The van der Waals surface area contributed by atoms with Gasteiger partial charge < -0.3 is 44.5 Å². The van der Waals surface area contributed by atoms with Crippen LogP contribution in [-0.4, -0.2) is 99.2 Å². The molecule has 0 bridgehead atoms. The van der Waals surface area contributed by atoms with Crippen LogP contribution in [0.3, 0.4) is 0 Å². The van der Waals surface area contributed by atoms with E-state index < -0.39 is 73.7 Å². The third-order valence-corrected chi connectivity index (χ3v) is 6.73. The quantitative estimate of drug-likeness (QED) is 0.224. The maximum atomic E-state index is 12.9. The van der Waals surface area contributed by atoms with E-state index in [-0.39, 0.29) is 23.1 Å². The molecule has 0 spiro atoms. The van der Waals surface area contributed by atoms with Crippen molar-refractivity contribution in [1.29, 1.82) is 5.26 Å². The first-order chi connectivity index (χ1) is 19.2. The first-order valence-electron chi connectivity index (χ1n) is 12.5. The highest BCUT2D eigenvalue weighted by atomic mass is 16.7. The summed E-state index contributed by atoms with van der Waals surface area (Å²) in [6.07, 6.45) is -13.0. The van der Waals surface area contributed by atoms with Gasteiger partial charge >= 0.3 is 11.9 Å². The lowest BCUT2D eigenvalue weighted by Gasteiger charge is -2.44. The highest BCUT2D eigenvalue weighted by Gasteiger charge is 2.49. The van der Waals surface area contributed by atoms with Gasteiger partial charge in [0.25, 0.3) is 0 Å². The minimum atomic E-state index is -1.77. The summed E-state index contributed by atoms with van der Waals surface area (Å²) in [5, 5.41) is 61.0. The predicted molar refractivity (Wildman–Crippen MR) is 134 cm³/mol. The van der Waals surface area contributed by atoms with Gasteiger partial charge in [0, 0.05) is 18.1 Å². The van der Waals surface area contributed by atoms with Gasteiger partial charge in [-0.05, 0) is 24.3 Å². The molecule has 5 N–H and O–H groups in total. The van der Waals surface area contributed by atoms with Crippen molar-refractivity contribution < 1.29 is 54.1 Å². The molecule has 9 atom stereocenters. The summed E-state index contributed by atoms with van der Waals surface area (Å²) >= 11 is 0. The number of aliphatic hydroxyl groups is 5. The van der Waals surface area contributed by atoms with Crippen molar-refractivity contribution in [2.75, 3.05) is 6.61 Å². The van der Waals surface area contributed by atoms with Crippen molar-refractivity contribution in [3.63, 3.8) is 0 Å². The molecule has 1 aliphatic heterocycles. The zero-order chi connectivity index (χ0) is 28.8. The second-order valence-electron chi connectivity index (χ2n) is 9.32. The van der Waals surface area contributed by atoms with Crippen LogP contribution in [0.4, 0.5) is 0 Å². The Kier molecular flexibility index (Phi) is 9.62. The average molecular weight is 556 g/mol. The highest BCUT2D eigenvalue weighted by molar-refractivity contribution is 5.90. The van der Waals surface area contributed by atoms with Crippen molar-refractivity contribution in [3.05, 3.63) is 83.4 Å². The normalized spacial score (nSPS) is 33.1. The van der Waals surface area contributed by atoms with E-state index in [1.165, 1.54) is 24.3 Å². The minimum absolute atomic E-state index is 0.0248. The SMILES string of the molecule is N#CC=C1C(OC2OC(CO)C(O)C(O)C2O)CC(OC(=O)c2ccccc2)C(O)C1OC(=O)c1ccccc1. The fourth-order valence-electron chi connectivity index (χ4n) is 4.58. The number of rotatable bonds is 7. The number of benzene rings is 2. The van der Waals surface area contributed by atoms with Gasteiger partial charge in [-0.15, -0.1) is 0 Å². The van der Waals surface area contributed by atoms with Crippen LogP contribution in [-0.2, 0) is 18.9 Å². The van der Waals surface area contributed by atoms with Crippen LogP contribution in [0.2, 0.25) is 0 Å². The summed E-state index contributed by atoms with van der Waals surface area (Å²) in [7, 11) is 0. The molecule has 9 unspecified atom stereocenters. The molecule has 0 amide bonds. The number of allylic oxidation sites excluding steroid dienone is 1. The molecule has 2 aromatic rings. The average Bonchev–Trinajstić information content (AvgIpc) is 2.98. The smallest absolute Gasteiger partial charge is 0.338 e. The first kappa shape index (κ1) is 29.3. The summed E-state index contributed by atoms with van der Waals surface area (Å²) in [6.45, 7) is -0.705. The molecule has 2 aromatic carbocycles. The van der Waals surface area contributed by atoms with Gasteiger partial charge in [0.05, 0.1) is 29.9 Å². The molecular weight excluding hydrogens is 526 g/mol. The molecule has 0 aromatic heterocycles. The molecule has 12 heteroatoms. The van der Waals surface area contributed by atoms with Crippen LogP contribution in [0.5, 0.6) is 0 Å². The standard InChI is InChI=1S/C28H29NO11/c29-12-11-17-18(38-28-24(34)23(33)21(31)20(14-30)39-28)13-19(37-26(35)15-7-3-1-4-8-15)22(32)25(17)40-27(36)16-9-5-2-6-10-16/h1-11,18-25,28,30-34H,13-14H2. The Morgan fingerprint density at radius 2 is 1.45 bits per heavy atom. The number of esters is 2. The molecule has 1 aliphatic carbocycles. The second kappa shape index (κ2) is 13.1. The number of ether oxygens (including phenoxy) is 4. The summed E-state index contributed by atoms with van der Waals surface area (Å²) in [6, 6.07) is 17.7. The Hall–Kier alpha value is -3.67. The zero-order valence-electron chi connectivity index (χ0n) is 21.1. The third-order valence-electron chi connectivity index (χ3n) is 6.73. The van der Waals surface area contributed by atoms with E-state index in [2.05, 4.69) is 0 Å².